The van der Waals surface area contributed by atoms with Gasteiger partial charge < -0.3 is 23.9 Å². The molecule has 2 fully saturated rings. The molecule has 1 N–H and O–H groups in total. The molecule has 14 heteroatoms. The van der Waals surface area contributed by atoms with E-state index in [9.17, 15) is 8.42 Å². The molecule has 0 atom stereocenters. The van der Waals surface area contributed by atoms with Crippen molar-refractivity contribution in [3.63, 3.8) is 0 Å². The van der Waals surface area contributed by atoms with Gasteiger partial charge in [0.2, 0.25) is 5.95 Å². The van der Waals surface area contributed by atoms with Crippen LogP contribution in [0.15, 0.2) is 61.4 Å². The monoisotopic (exact) mass is 580 g/mol. The van der Waals surface area contributed by atoms with Crippen molar-refractivity contribution in [3.8, 4) is 11.8 Å². The van der Waals surface area contributed by atoms with Crippen LogP contribution in [0.1, 0.15) is 25.7 Å². The molecule has 216 valence electrons. The van der Waals surface area contributed by atoms with Crippen LogP contribution in [0.25, 0.3) is 11.0 Å². The lowest BCUT2D eigenvalue weighted by Gasteiger charge is -2.31. The van der Waals surface area contributed by atoms with Gasteiger partial charge in [-0.2, -0.15) is 8.42 Å². The molecule has 1 saturated heterocycles. The third-order valence-corrected chi connectivity index (χ3v) is 6.99. The van der Waals surface area contributed by atoms with Gasteiger partial charge in [-0.1, -0.05) is 0 Å². The highest BCUT2D eigenvalue weighted by Crippen LogP contribution is 2.33. The van der Waals surface area contributed by atoms with Gasteiger partial charge in [0, 0.05) is 68.1 Å². The maximum Gasteiger partial charge on any atom is 0.332 e. The number of hydrogen-bond acceptors (Lipinski definition) is 13. The average molecular weight is 581 g/mol. The maximum absolute atomic E-state index is 10.5. The molecule has 1 aromatic carbocycles. The van der Waals surface area contributed by atoms with E-state index in [4.69, 9.17) is 9.47 Å². The van der Waals surface area contributed by atoms with Crippen LogP contribution in [0.3, 0.4) is 0 Å². The van der Waals surface area contributed by atoms with Crippen molar-refractivity contribution < 1.29 is 22.1 Å². The minimum absolute atomic E-state index is 0.157. The SMILES string of the molecule is CS(=O)(=O)Oc1ncccn1.c1cnc(NC2CCC(Oc3cc(N4CCOCC4)cc4nccnc34)CC2)nc1. The van der Waals surface area contributed by atoms with E-state index in [2.05, 4.69) is 56.4 Å². The van der Waals surface area contributed by atoms with Gasteiger partial charge in [0.1, 0.15) is 11.3 Å². The molecule has 0 unspecified atom stereocenters. The molecule has 1 aliphatic heterocycles. The Morgan fingerprint density at radius 2 is 1.51 bits per heavy atom. The average Bonchev–Trinajstić information content (AvgIpc) is 2.99. The van der Waals surface area contributed by atoms with Gasteiger partial charge in [0.25, 0.3) is 0 Å². The van der Waals surface area contributed by atoms with Crippen molar-refractivity contribution >= 4 is 32.8 Å². The summed E-state index contributed by atoms with van der Waals surface area (Å²) >= 11 is 0. The van der Waals surface area contributed by atoms with Crippen LogP contribution in [0, 0.1) is 0 Å². The lowest BCUT2D eigenvalue weighted by atomic mass is 9.93. The van der Waals surface area contributed by atoms with Crippen LogP contribution in [-0.4, -0.2) is 83.0 Å². The number of anilines is 2. The van der Waals surface area contributed by atoms with Gasteiger partial charge in [0.15, 0.2) is 0 Å². The lowest BCUT2D eigenvalue weighted by molar-refractivity contribution is 0.122. The fourth-order valence-electron chi connectivity index (χ4n) is 4.65. The highest BCUT2D eigenvalue weighted by atomic mass is 32.2. The van der Waals surface area contributed by atoms with E-state index in [-0.39, 0.29) is 12.1 Å². The van der Waals surface area contributed by atoms with Gasteiger partial charge in [-0.3, -0.25) is 4.98 Å². The fraction of sp³-hybridized carbons (Fsp3) is 0.407. The minimum Gasteiger partial charge on any atom is -0.488 e. The number of benzene rings is 1. The highest BCUT2D eigenvalue weighted by molar-refractivity contribution is 7.86. The number of morpholine rings is 1. The second-order valence-corrected chi connectivity index (χ2v) is 11.2. The second-order valence-electron chi connectivity index (χ2n) is 9.59. The van der Waals surface area contributed by atoms with E-state index in [0.717, 1.165) is 80.7 Å². The zero-order valence-corrected chi connectivity index (χ0v) is 23.5. The van der Waals surface area contributed by atoms with Gasteiger partial charge in [-0.05, 0) is 43.9 Å². The smallest absolute Gasteiger partial charge is 0.332 e. The molecule has 6 rings (SSSR count). The highest BCUT2D eigenvalue weighted by Gasteiger charge is 2.24. The Kier molecular flexibility index (Phi) is 9.31. The normalized spacial score (nSPS) is 19.1. The molecular formula is C27H32N8O5S. The number of ether oxygens (including phenoxy) is 2. The molecule has 0 bridgehead atoms. The zero-order chi connectivity index (χ0) is 28.5. The van der Waals surface area contributed by atoms with Crippen molar-refractivity contribution in [2.24, 2.45) is 0 Å². The van der Waals surface area contributed by atoms with Gasteiger partial charge in [-0.15, -0.1) is 0 Å². The Morgan fingerprint density at radius 1 is 0.854 bits per heavy atom. The van der Waals surface area contributed by atoms with Crippen LogP contribution in [0.4, 0.5) is 11.6 Å². The van der Waals surface area contributed by atoms with E-state index in [1.165, 1.54) is 12.4 Å². The molecule has 4 heterocycles. The molecule has 3 aromatic heterocycles. The van der Waals surface area contributed by atoms with Gasteiger partial charge in [-0.25, -0.2) is 24.9 Å². The number of hydrogen-bond donors (Lipinski definition) is 1. The van der Waals surface area contributed by atoms with Crippen LogP contribution < -0.4 is 19.1 Å². The Hall–Kier alpha value is -4.17. The van der Waals surface area contributed by atoms with Crippen molar-refractivity contribution in [1.82, 2.24) is 29.9 Å². The maximum atomic E-state index is 10.5. The molecule has 0 amide bonds. The number of aromatic nitrogens is 6. The third-order valence-electron chi connectivity index (χ3n) is 6.53. The lowest BCUT2D eigenvalue weighted by Crippen LogP contribution is -2.36. The number of fused-ring (bicyclic) bond motifs is 1. The van der Waals surface area contributed by atoms with Crippen LogP contribution in [0.5, 0.6) is 11.8 Å². The van der Waals surface area contributed by atoms with E-state index >= 15 is 0 Å². The summed E-state index contributed by atoms with van der Waals surface area (Å²) in [7, 11) is -3.50. The first kappa shape index (κ1) is 28.4. The Morgan fingerprint density at radius 3 is 2.20 bits per heavy atom. The van der Waals surface area contributed by atoms with Gasteiger partial charge in [0.05, 0.1) is 31.1 Å². The summed E-state index contributed by atoms with van der Waals surface area (Å²) in [4.78, 5) is 27.0. The Balaban J connectivity index is 0.000000259. The van der Waals surface area contributed by atoms with Crippen molar-refractivity contribution in [2.75, 3.05) is 42.8 Å². The first-order chi connectivity index (χ1) is 19.9. The third kappa shape index (κ3) is 8.41. The molecule has 41 heavy (non-hydrogen) atoms. The van der Waals surface area contributed by atoms with Crippen molar-refractivity contribution in [1.29, 1.82) is 0 Å². The quantitative estimate of drug-likeness (QED) is 0.319. The second kappa shape index (κ2) is 13.5. The Bertz CT molecular complexity index is 1500. The number of nitrogens with one attached hydrogen (secondary N) is 1. The van der Waals surface area contributed by atoms with E-state index < -0.39 is 10.1 Å². The van der Waals surface area contributed by atoms with Gasteiger partial charge >= 0.3 is 16.1 Å². The topological polar surface area (TPSA) is 154 Å². The summed E-state index contributed by atoms with van der Waals surface area (Å²) in [5.74, 6) is 1.52. The van der Waals surface area contributed by atoms with E-state index in [1.54, 1.807) is 30.9 Å². The molecule has 1 saturated carbocycles. The predicted molar refractivity (Wildman–Crippen MR) is 152 cm³/mol. The van der Waals surface area contributed by atoms with Crippen LogP contribution >= 0.6 is 0 Å². The molecular weight excluding hydrogens is 548 g/mol. The number of nitrogens with zero attached hydrogens (tertiary/aromatic N) is 7. The summed E-state index contributed by atoms with van der Waals surface area (Å²) in [6.45, 7) is 3.25. The van der Waals surface area contributed by atoms with E-state index in [0.29, 0.717) is 12.0 Å². The predicted octanol–water partition coefficient (Wildman–Crippen LogP) is 2.87. The standard InChI is InChI=1S/C22H26N6O2.C5H6N2O3S/c1-6-25-22(26-7-1)27-16-2-4-18(5-3-16)30-20-15-17(28-10-12-29-13-11-28)14-19-21(20)24-9-8-23-19;1-11(8,9)10-5-6-3-2-4-7-5/h1,6-9,14-16,18H,2-5,10-13H2,(H,25,26,27);2-4H,1H3. The largest absolute Gasteiger partial charge is 0.488 e. The Labute approximate surface area is 238 Å². The van der Waals surface area contributed by atoms with Crippen LogP contribution in [-0.2, 0) is 14.9 Å². The summed E-state index contributed by atoms with van der Waals surface area (Å²) in [5.41, 5.74) is 2.82. The molecule has 0 spiro atoms. The minimum atomic E-state index is -3.50. The zero-order valence-electron chi connectivity index (χ0n) is 22.7. The molecule has 4 aromatic rings. The van der Waals surface area contributed by atoms with Crippen molar-refractivity contribution in [3.05, 3.63) is 61.4 Å². The van der Waals surface area contributed by atoms with E-state index in [1.807, 2.05) is 6.07 Å². The summed E-state index contributed by atoms with van der Waals surface area (Å²) in [6.07, 6.45) is 14.9. The summed E-state index contributed by atoms with van der Waals surface area (Å²) in [5, 5.41) is 3.43. The molecule has 13 nitrogen and oxygen atoms in total. The first-order valence-corrected chi connectivity index (χ1v) is 15.2. The van der Waals surface area contributed by atoms with Crippen LogP contribution in [0.2, 0.25) is 0 Å². The summed E-state index contributed by atoms with van der Waals surface area (Å²) in [6, 6.07) is 7.83. The summed E-state index contributed by atoms with van der Waals surface area (Å²) < 4.78 is 37.3. The molecule has 1 aliphatic carbocycles. The van der Waals surface area contributed by atoms with Crippen molar-refractivity contribution in [2.45, 2.75) is 37.8 Å². The number of rotatable bonds is 7. The first-order valence-electron chi connectivity index (χ1n) is 13.4. The fourth-order valence-corrected chi connectivity index (χ4v) is 5.00. The molecule has 0 radical (unpaired) electrons. The molecule has 2 aliphatic rings.